The highest BCUT2D eigenvalue weighted by Crippen LogP contribution is 2.13. The van der Waals surface area contributed by atoms with Gasteiger partial charge in [-0.1, -0.05) is 53.7 Å². The van der Waals surface area contributed by atoms with E-state index >= 15 is 0 Å². The van der Waals surface area contributed by atoms with Gasteiger partial charge in [0.15, 0.2) is 0 Å². The molecule has 0 unspecified atom stereocenters. The van der Waals surface area contributed by atoms with E-state index in [1.54, 1.807) is 6.92 Å². The van der Waals surface area contributed by atoms with Crippen LogP contribution in [0.1, 0.15) is 60.5 Å². The SMILES string of the molecule is CC(C)CC(=O)N[C@H](C(=O)N[C@@H](C)C(=O)Nc1ccc(CC(C)C)cc1)C(C)C. The molecule has 0 aliphatic heterocycles. The van der Waals surface area contributed by atoms with Crippen LogP contribution in [0.2, 0.25) is 0 Å². The van der Waals surface area contributed by atoms with E-state index in [1.807, 2.05) is 52.0 Å². The van der Waals surface area contributed by atoms with Crippen LogP contribution in [0, 0.1) is 17.8 Å². The van der Waals surface area contributed by atoms with Crippen LogP contribution in [0.15, 0.2) is 24.3 Å². The molecular formula is C23H37N3O3. The Morgan fingerprint density at radius 3 is 1.86 bits per heavy atom. The van der Waals surface area contributed by atoms with Crippen molar-refractivity contribution >= 4 is 23.4 Å². The monoisotopic (exact) mass is 403 g/mol. The van der Waals surface area contributed by atoms with Crippen LogP contribution in [0.3, 0.4) is 0 Å². The van der Waals surface area contributed by atoms with Crippen molar-refractivity contribution in [1.29, 1.82) is 0 Å². The number of hydrogen-bond donors (Lipinski definition) is 3. The van der Waals surface area contributed by atoms with Gasteiger partial charge in [0, 0.05) is 12.1 Å². The minimum atomic E-state index is -0.721. The minimum absolute atomic E-state index is 0.0881. The molecule has 0 saturated carbocycles. The molecule has 1 aromatic rings. The Labute approximate surface area is 175 Å². The van der Waals surface area contributed by atoms with Crippen molar-refractivity contribution in [2.75, 3.05) is 5.32 Å². The summed E-state index contributed by atoms with van der Waals surface area (Å²) in [7, 11) is 0. The number of anilines is 1. The molecule has 1 aromatic carbocycles. The van der Waals surface area contributed by atoms with Gasteiger partial charge in [-0.2, -0.15) is 0 Å². The molecular weight excluding hydrogens is 366 g/mol. The number of amides is 3. The lowest BCUT2D eigenvalue weighted by molar-refractivity contribution is -0.132. The van der Waals surface area contributed by atoms with Crippen LogP contribution >= 0.6 is 0 Å². The Morgan fingerprint density at radius 2 is 1.38 bits per heavy atom. The average Bonchev–Trinajstić information content (AvgIpc) is 2.59. The lowest BCUT2D eigenvalue weighted by Gasteiger charge is -2.24. The maximum absolute atomic E-state index is 12.6. The molecule has 2 atom stereocenters. The molecule has 0 fully saturated rings. The van der Waals surface area contributed by atoms with Gasteiger partial charge in [0.2, 0.25) is 17.7 Å². The van der Waals surface area contributed by atoms with E-state index < -0.39 is 12.1 Å². The summed E-state index contributed by atoms with van der Waals surface area (Å²) in [5, 5.41) is 8.31. The fourth-order valence-corrected chi connectivity index (χ4v) is 2.95. The zero-order chi connectivity index (χ0) is 22.1. The van der Waals surface area contributed by atoms with E-state index in [-0.39, 0.29) is 29.6 Å². The fraction of sp³-hybridized carbons (Fsp3) is 0.609. The third-order valence-corrected chi connectivity index (χ3v) is 4.48. The second kappa shape index (κ2) is 11.6. The molecule has 0 aliphatic carbocycles. The van der Waals surface area contributed by atoms with Gasteiger partial charge >= 0.3 is 0 Å². The number of hydrogen-bond acceptors (Lipinski definition) is 3. The largest absolute Gasteiger partial charge is 0.344 e. The second-order valence-corrected chi connectivity index (χ2v) is 8.90. The summed E-state index contributed by atoms with van der Waals surface area (Å²) in [6.45, 7) is 13.6. The summed E-state index contributed by atoms with van der Waals surface area (Å²) in [5.74, 6) is -0.122. The first-order chi connectivity index (χ1) is 13.5. The molecule has 0 bridgehead atoms. The highest BCUT2D eigenvalue weighted by molar-refractivity contribution is 5.98. The van der Waals surface area contributed by atoms with Gasteiger partial charge < -0.3 is 16.0 Å². The van der Waals surface area contributed by atoms with Gasteiger partial charge in [-0.3, -0.25) is 14.4 Å². The van der Waals surface area contributed by atoms with E-state index in [4.69, 9.17) is 0 Å². The Balaban J connectivity index is 2.64. The van der Waals surface area contributed by atoms with E-state index in [1.165, 1.54) is 5.56 Å². The smallest absolute Gasteiger partial charge is 0.246 e. The van der Waals surface area contributed by atoms with Crippen molar-refractivity contribution in [1.82, 2.24) is 10.6 Å². The number of nitrogens with one attached hydrogen (secondary N) is 3. The molecule has 6 heteroatoms. The Kier molecular flexibility index (Phi) is 9.86. The first-order valence-corrected chi connectivity index (χ1v) is 10.5. The molecule has 0 aliphatic rings. The summed E-state index contributed by atoms with van der Waals surface area (Å²) < 4.78 is 0. The normalized spacial score (nSPS) is 13.3. The summed E-state index contributed by atoms with van der Waals surface area (Å²) in [4.78, 5) is 37.1. The first-order valence-electron chi connectivity index (χ1n) is 10.5. The third-order valence-electron chi connectivity index (χ3n) is 4.48. The Hall–Kier alpha value is -2.37. The maximum Gasteiger partial charge on any atom is 0.246 e. The molecule has 0 saturated heterocycles. The summed E-state index contributed by atoms with van der Waals surface area (Å²) in [6, 6.07) is 6.34. The quantitative estimate of drug-likeness (QED) is 0.559. The number of carbonyl (C=O) groups is 3. The molecule has 1 rings (SSSR count). The highest BCUT2D eigenvalue weighted by Gasteiger charge is 2.27. The first kappa shape index (κ1) is 24.7. The van der Waals surface area contributed by atoms with Gasteiger partial charge in [-0.25, -0.2) is 0 Å². The van der Waals surface area contributed by atoms with Crippen LogP contribution in [0.25, 0.3) is 0 Å². The van der Waals surface area contributed by atoms with Gasteiger partial charge in [0.05, 0.1) is 0 Å². The van der Waals surface area contributed by atoms with Gasteiger partial charge in [-0.15, -0.1) is 0 Å². The molecule has 6 nitrogen and oxygen atoms in total. The maximum atomic E-state index is 12.6. The molecule has 3 N–H and O–H groups in total. The topological polar surface area (TPSA) is 87.3 Å². The van der Waals surface area contributed by atoms with Crippen molar-refractivity contribution in [3.05, 3.63) is 29.8 Å². The van der Waals surface area contributed by atoms with E-state index in [9.17, 15) is 14.4 Å². The van der Waals surface area contributed by atoms with Gasteiger partial charge in [-0.05, 0) is 48.8 Å². The predicted octanol–water partition coefficient (Wildman–Crippen LogP) is 3.52. The fourth-order valence-electron chi connectivity index (χ4n) is 2.95. The van der Waals surface area contributed by atoms with Crippen LogP contribution in [0.4, 0.5) is 5.69 Å². The molecule has 3 amide bonds. The molecule has 162 valence electrons. The highest BCUT2D eigenvalue weighted by atomic mass is 16.2. The Bertz CT molecular complexity index is 681. The van der Waals surface area contributed by atoms with Crippen LogP contribution in [-0.2, 0) is 20.8 Å². The second-order valence-electron chi connectivity index (χ2n) is 8.90. The molecule has 0 radical (unpaired) electrons. The van der Waals surface area contributed by atoms with Crippen molar-refractivity contribution in [2.24, 2.45) is 17.8 Å². The van der Waals surface area contributed by atoms with E-state index in [0.29, 0.717) is 18.0 Å². The molecule has 29 heavy (non-hydrogen) atoms. The van der Waals surface area contributed by atoms with Crippen molar-refractivity contribution in [3.8, 4) is 0 Å². The standard InChI is InChI=1S/C23H37N3O3/c1-14(2)12-18-8-10-19(11-9-18)25-22(28)17(7)24-23(29)21(16(5)6)26-20(27)13-15(3)4/h8-11,14-17,21H,12-13H2,1-7H3,(H,24,29)(H,25,28)(H,26,27)/t17-,21-/m0/s1. The molecule has 0 spiro atoms. The summed E-state index contributed by atoms with van der Waals surface area (Å²) in [6.07, 6.45) is 1.35. The van der Waals surface area contributed by atoms with Gasteiger partial charge in [0.1, 0.15) is 12.1 Å². The molecule has 0 heterocycles. The van der Waals surface area contributed by atoms with E-state index in [0.717, 1.165) is 6.42 Å². The zero-order valence-electron chi connectivity index (χ0n) is 18.8. The Morgan fingerprint density at radius 1 is 0.793 bits per heavy atom. The number of carbonyl (C=O) groups excluding carboxylic acids is 3. The average molecular weight is 404 g/mol. The van der Waals surface area contributed by atoms with Crippen LogP contribution in [-0.4, -0.2) is 29.8 Å². The third kappa shape index (κ3) is 9.11. The zero-order valence-corrected chi connectivity index (χ0v) is 18.8. The number of rotatable bonds is 10. The summed E-state index contributed by atoms with van der Waals surface area (Å²) >= 11 is 0. The minimum Gasteiger partial charge on any atom is -0.344 e. The summed E-state index contributed by atoms with van der Waals surface area (Å²) in [5.41, 5.74) is 1.91. The van der Waals surface area contributed by atoms with Crippen LogP contribution < -0.4 is 16.0 Å². The van der Waals surface area contributed by atoms with E-state index in [2.05, 4.69) is 29.8 Å². The molecule has 0 aromatic heterocycles. The number of benzene rings is 1. The van der Waals surface area contributed by atoms with Crippen LogP contribution in [0.5, 0.6) is 0 Å². The van der Waals surface area contributed by atoms with Crippen molar-refractivity contribution < 1.29 is 14.4 Å². The van der Waals surface area contributed by atoms with Gasteiger partial charge in [0.25, 0.3) is 0 Å². The predicted molar refractivity (Wildman–Crippen MR) is 117 cm³/mol. The van der Waals surface area contributed by atoms with Crippen molar-refractivity contribution in [2.45, 2.75) is 73.4 Å². The lowest BCUT2D eigenvalue weighted by atomic mass is 10.0. The van der Waals surface area contributed by atoms with Crippen molar-refractivity contribution in [3.63, 3.8) is 0 Å². The lowest BCUT2D eigenvalue weighted by Crippen LogP contribution is -2.53.